The second-order valence-corrected chi connectivity index (χ2v) is 5.59. The van der Waals surface area contributed by atoms with E-state index in [4.69, 9.17) is 4.74 Å². The topological polar surface area (TPSA) is 64.1 Å². The lowest BCUT2D eigenvalue weighted by atomic mass is 10.1. The molecule has 0 bridgehead atoms. The second kappa shape index (κ2) is 6.66. The fraction of sp³-hybridized carbons (Fsp3) is 0.211. The van der Waals surface area contributed by atoms with Crippen molar-refractivity contribution in [2.75, 3.05) is 11.9 Å². The van der Waals surface area contributed by atoms with E-state index in [0.29, 0.717) is 23.5 Å². The van der Waals surface area contributed by atoms with Crippen LogP contribution in [-0.2, 0) is 4.74 Å². The molecule has 0 aliphatic carbocycles. The van der Waals surface area contributed by atoms with Crippen molar-refractivity contribution >= 4 is 28.4 Å². The number of hydrogen-bond donors (Lipinski definition) is 1. The average Bonchev–Trinajstić information content (AvgIpc) is 2.55. The van der Waals surface area contributed by atoms with Gasteiger partial charge in [0.2, 0.25) is 0 Å². The summed E-state index contributed by atoms with van der Waals surface area (Å²) in [6, 6.07) is 11.8. The first kappa shape index (κ1) is 15.9. The van der Waals surface area contributed by atoms with Gasteiger partial charge in [0, 0.05) is 23.0 Å². The summed E-state index contributed by atoms with van der Waals surface area (Å²) in [5.41, 5.74) is 4.56. The van der Waals surface area contributed by atoms with Gasteiger partial charge in [0.05, 0.1) is 12.3 Å². The zero-order chi connectivity index (χ0) is 17.1. The number of fused-ring (bicyclic) bond motifs is 1. The highest BCUT2D eigenvalue weighted by Gasteiger charge is 2.17. The number of carbonyl (C=O) groups is 1. The summed E-state index contributed by atoms with van der Waals surface area (Å²) >= 11 is 0. The zero-order valence-corrected chi connectivity index (χ0v) is 14.0. The lowest BCUT2D eigenvalue weighted by molar-refractivity contribution is 0.0527. The molecule has 0 radical (unpaired) electrons. The van der Waals surface area contributed by atoms with E-state index in [1.54, 1.807) is 6.92 Å². The fourth-order valence-electron chi connectivity index (χ4n) is 2.54. The maximum Gasteiger partial charge on any atom is 0.341 e. The van der Waals surface area contributed by atoms with E-state index in [9.17, 15) is 4.79 Å². The molecule has 5 heteroatoms. The molecule has 2 heterocycles. The quantitative estimate of drug-likeness (QED) is 0.731. The van der Waals surface area contributed by atoms with Crippen molar-refractivity contribution in [1.82, 2.24) is 9.97 Å². The van der Waals surface area contributed by atoms with E-state index in [0.717, 1.165) is 22.3 Å². The van der Waals surface area contributed by atoms with Gasteiger partial charge in [0.15, 0.2) is 5.65 Å². The Labute approximate surface area is 140 Å². The van der Waals surface area contributed by atoms with Crippen molar-refractivity contribution in [2.24, 2.45) is 0 Å². The molecule has 1 N–H and O–H groups in total. The Morgan fingerprint density at radius 1 is 1.21 bits per heavy atom. The van der Waals surface area contributed by atoms with E-state index < -0.39 is 5.97 Å². The highest BCUT2D eigenvalue weighted by Crippen LogP contribution is 2.29. The highest BCUT2D eigenvalue weighted by atomic mass is 16.5. The summed E-state index contributed by atoms with van der Waals surface area (Å²) in [5.74, 6) is -0.400. The summed E-state index contributed by atoms with van der Waals surface area (Å²) in [4.78, 5) is 21.1. The molecule has 0 unspecified atom stereocenters. The van der Waals surface area contributed by atoms with E-state index in [1.165, 1.54) is 6.20 Å². The molecule has 0 atom stereocenters. The maximum absolute atomic E-state index is 12.3. The number of rotatable bonds is 4. The number of hydrogen-bond acceptors (Lipinski definition) is 5. The summed E-state index contributed by atoms with van der Waals surface area (Å²) in [7, 11) is 0. The summed E-state index contributed by atoms with van der Waals surface area (Å²) < 4.78 is 5.16. The minimum Gasteiger partial charge on any atom is -0.462 e. The number of esters is 1. The number of ether oxygens (including phenoxy) is 1. The summed E-state index contributed by atoms with van der Waals surface area (Å²) in [6.07, 6.45) is 1.52. The van der Waals surface area contributed by atoms with Crippen LogP contribution in [-0.4, -0.2) is 22.5 Å². The van der Waals surface area contributed by atoms with Crippen LogP contribution >= 0.6 is 0 Å². The SMILES string of the molecule is CCOC(=O)c1cnc2nc(C)ccc2c1Nc1cccc(C)c1. The van der Waals surface area contributed by atoms with Gasteiger partial charge in [-0.25, -0.2) is 14.8 Å². The number of aromatic nitrogens is 2. The third-order valence-corrected chi connectivity index (χ3v) is 3.65. The van der Waals surface area contributed by atoms with Crippen LogP contribution in [0.5, 0.6) is 0 Å². The van der Waals surface area contributed by atoms with Crippen molar-refractivity contribution in [3.05, 3.63) is 59.4 Å². The second-order valence-electron chi connectivity index (χ2n) is 5.59. The van der Waals surface area contributed by atoms with Crippen molar-refractivity contribution in [3.8, 4) is 0 Å². The van der Waals surface area contributed by atoms with E-state index >= 15 is 0 Å². The Hall–Kier alpha value is -2.95. The monoisotopic (exact) mass is 321 g/mol. The lowest BCUT2D eigenvalue weighted by Crippen LogP contribution is -2.09. The van der Waals surface area contributed by atoms with Crippen molar-refractivity contribution in [3.63, 3.8) is 0 Å². The van der Waals surface area contributed by atoms with Crippen LogP contribution in [0.2, 0.25) is 0 Å². The standard InChI is InChI=1S/C19H19N3O2/c1-4-24-19(23)16-11-20-18-15(9-8-13(3)21-18)17(16)22-14-7-5-6-12(2)10-14/h5-11H,4H2,1-3H3,(H,20,21,22). The maximum atomic E-state index is 12.3. The van der Waals surface area contributed by atoms with Gasteiger partial charge in [-0.2, -0.15) is 0 Å². The molecule has 3 rings (SSSR count). The smallest absolute Gasteiger partial charge is 0.341 e. The Kier molecular flexibility index (Phi) is 4.42. The van der Waals surface area contributed by atoms with Crippen LogP contribution in [0.3, 0.4) is 0 Å². The molecule has 1 aromatic carbocycles. The number of anilines is 2. The van der Waals surface area contributed by atoms with Gasteiger partial charge in [-0.3, -0.25) is 0 Å². The number of benzene rings is 1. The normalized spacial score (nSPS) is 10.6. The van der Waals surface area contributed by atoms with E-state index in [2.05, 4.69) is 15.3 Å². The molecule has 0 saturated heterocycles. The fourth-order valence-corrected chi connectivity index (χ4v) is 2.54. The lowest BCUT2D eigenvalue weighted by Gasteiger charge is -2.14. The van der Waals surface area contributed by atoms with Gasteiger partial charge in [-0.05, 0) is 50.6 Å². The van der Waals surface area contributed by atoms with Crippen LogP contribution in [0, 0.1) is 13.8 Å². The van der Waals surface area contributed by atoms with Gasteiger partial charge < -0.3 is 10.1 Å². The predicted molar refractivity (Wildman–Crippen MR) is 94.7 cm³/mol. The van der Waals surface area contributed by atoms with Crippen LogP contribution in [0.1, 0.15) is 28.5 Å². The minimum absolute atomic E-state index is 0.312. The van der Waals surface area contributed by atoms with Crippen LogP contribution in [0.25, 0.3) is 11.0 Å². The molecule has 3 aromatic rings. The summed E-state index contributed by atoms with van der Waals surface area (Å²) in [6.45, 7) is 6.03. The van der Waals surface area contributed by atoms with Crippen molar-refractivity contribution < 1.29 is 9.53 Å². The van der Waals surface area contributed by atoms with E-state index in [-0.39, 0.29) is 0 Å². The van der Waals surface area contributed by atoms with Gasteiger partial charge in [-0.1, -0.05) is 12.1 Å². The molecular formula is C19H19N3O2. The molecular weight excluding hydrogens is 302 g/mol. The number of nitrogens with one attached hydrogen (secondary N) is 1. The molecule has 122 valence electrons. The first-order chi connectivity index (χ1) is 11.6. The third kappa shape index (κ3) is 3.20. The van der Waals surface area contributed by atoms with Crippen molar-refractivity contribution in [1.29, 1.82) is 0 Å². The van der Waals surface area contributed by atoms with Crippen LogP contribution in [0.4, 0.5) is 11.4 Å². The highest BCUT2D eigenvalue weighted by molar-refractivity contribution is 6.05. The molecule has 0 spiro atoms. The Morgan fingerprint density at radius 3 is 2.79 bits per heavy atom. The Balaban J connectivity index is 2.16. The molecule has 0 fully saturated rings. The van der Waals surface area contributed by atoms with Crippen molar-refractivity contribution in [2.45, 2.75) is 20.8 Å². The van der Waals surface area contributed by atoms with Gasteiger partial charge in [-0.15, -0.1) is 0 Å². The average molecular weight is 321 g/mol. The largest absolute Gasteiger partial charge is 0.462 e. The Morgan fingerprint density at radius 2 is 2.04 bits per heavy atom. The Bertz CT molecular complexity index is 906. The number of carbonyl (C=O) groups excluding carboxylic acids is 1. The summed E-state index contributed by atoms with van der Waals surface area (Å²) in [5, 5.41) is 4.12. The molecule has 0 saturated carbocycles. The van der Waals surface area contributed by atoms with E-state index in [1.807, 2.05) is 50.2 Å². The van der Waals surface area contributed by atoms with Crippen LogP contribution in [0.15, 0.2) is 42.6 Å². The third-order valence-electron chi connectivity index (χ3n) is 3.65. The number of nitrogens with zero attached hydrogens (tertiary/aromatic N) is 2. The van der Waals surface area contributed by atoms with Gasteiger partial charge >= 0.3 is 5.97 Å². The van der Waals surface area contributed by atoms with Gasteiger partial charge in [0.25, 0.3) is 0 Å². The molecule has 0 aliphatic heterocycles. The van der Waals surface area contributed by atoms with Gasteiger partial charge in [0.1, 0.15) is 5.56 Å². The zero-order valence-electron chi connectivity index (χ0n) is 14.0. The molecule has 0 amide bonds. The molecule has 24 heavy (non-hydrogen) atoms. The first-order valence-corrected chi connectivity index (χ1v) is 7.85. The minimum atomic E-state index is -0.400. The number of aryl methyl sites for hydroxylation is 2. The first-order valence-electron chi connectivity index (χ1n) is 7.85. The predicted octanol–water partition coefficient (Wildman–Crippen LogP) is 4.17. The molecule has 2 aromatic heterocycles. The molecule has 5 nitrogen and oxygen atoms in total. The number of pyridine rings is 2. The molecule has 0 aliphatic rings. The van der Waals surface area contributed by atoms with Crippen LogP contribution < -0.4 is 5.32 Å².